The Morgan fingerprint density at radius 1 is 1.23 bits per heavy atom. The molecule has 2 fully saturated rings. The number of hydrogen-bond acceptors (Lipinski definition) is 10. The summed E-state index contributed by atoms with van der Waals surface area (Å²) in [5.41, 5.74) is 4.01. The van der Waals surface area contributed by atoms with Crippen molar-refractivity contribution in [1.82, 2.24) is 9.80 Å². The van der Waals surface area contributed by atoms with Crippen LogP contribution in [0.2, 0.25) is 0 Å². The molecule has 11 nitrogen and oxygen atoms in total. The van der Waals surface area contributed by atoms with Gasteiger partial charge in [0, 0.05) is 44.9 Å². The minimum Gasteiger partial charge on any atom is -0.493 e. The molecule has 3 unspecified atom stereocenters. The van der Waals surface area contributed by atoms with Crippen molar-refractivity contribution in [2.24, 2.45) is 15.7 Å². The van der Waals surface area contributed by atoms with Gasteiger partial charge in [-0.2, -0.15) is 4.99 Å². The van der Waals surface area contributed by atoms with Crippen LogP contribution in [-0.2, 0) is 19.0 Å². The molecule has 4 N–H and O–H groups in total. The molecule has 3 atom stereocenters. The van der Waals surface area contributed by atoms with Gasteiger partial charge in [0.1, 0.15) is 6.10 Å². The summed E-state index contributed by atoms with van der Waals surface area (Å²) in [6.45, 7) is 2.50. The minimum atomic E-state index is -2.36. The lowest BCUT2D eigenvalue weighted by Crippen LogP contribution is -2.66. The number of piperazine rings is 1. The second-order valence-corrected chi connectivity index (χ2v) is 7.64. The zero-order chi connectivity index (χ0) is 21.5. The van der Waals surface area contributed by atoms with Crippen LogP contribution in [0.3, 0.4) is 0 Å². The van der Waals surface area contributed by atoms with Gasteiger partial charge in [-0.25, -0.2) is 4.99 Å². The van der Waals surface area contributed by atoms with Crippen molar-refractivity contribution < 1.29 is 29.2 Å². The Labute approximate surface area is 174 Å². The Hall–Kier alpha value is -2.47. The van der Waals surface area contributed by atoms with Gasteiger partial charge < -0.3 is 34.2 Å². The monoisotopic (exact) mass is 421 g/mol. The minimum absolute atomic E-state index is 0.00549. The number of carbonyl (C=O) groups excluding carboxylic acids is 1. The van der Waals surface area contributed by atoms with E-state index >= 15 is 0 Å². The van der Waals surface area contributed by atoms with Gasteiger partial charge in [-0.15, -0.1) is 0 Å². The van der Waals surface area contributed by atoms with Crippen LogP contribution in [0.4, 0.5) is 0 Å². The summed E-state index contributed by atoms with van der Waals surface area (Å²) in [7, 11) is 2.87. The number of nitrogens with zero attached hydrogens (tertiary/aromatic N) is 4. The van der Waals surface area contributed by atoms with E-state index in [0.29, 0.717) is 38.5 Å². The fourth-order valence-electron chi connectivity index (χ4n) is 3.99. The number of nitrogens with two attached hydrogens (primary N) is 1. The molecule has 11 heteroatoms. The molecule has 0 radical (unpaired) electrons. The predicted octanol–water partition coefficient (Wildman–Crippen LogP) is -1.47. The van der Waals surface area contributed by atoms with Crippen molar-refractivity contribution in [3.63, 3.8) is 0 Å². The van der Waals surface area contributed by atoms with E-state index in [1.165, 1.54) is 26.4 Å². The summed E-state index contributed by atoms with van der Waals surface area (Å²) in [6, 6.07) is 0. The number of ether oxygens (including phenoxy) is 3. The number of amides is 1. The molecule has 0 saturated carbocycles. The normalized spacial score (nSPS) is 33.8. The van der Waals surface area contributed by atoms with Gasteiger partial charge >= 0.3 is 0 Å². The first kappa shape index (κ1) is 20.8. The maximum atomic E-state index is 12.5. The third kappa shape index (κ3) is 3.37. The molecular formula is C19H27N5O6. The lowest BCUT2D eigenvalue weighted by Gasteiger charge is -2.43. The number of aliphatic hydroxyl groups is 2. The molecule has 2 saturated heterocycles. The predicted molar refractivity (Wildman–Crippen MR) is 106 cm³/mol. The molecule has 1 aliphatic carbocycles. The maximum Gasteiger partial charge on any atom is 0.253 e. The van der Waals surface area contributed by atoms with E-state index in [1.807, 2.05) is 4.90 Å². The molecule has 0 aromatic rings. The van der Waals surface area contributed by atoms with E-state index in [4.69, 9.17) is 19.9 Å². The van der Waals surface area contributed by atoms with Gasteiger partial charge in [0.05, 0.1) is 19.9 Å². The SMILES string of the molecule is COC1=CC2=NC(N3CCN(C(=O)C4CCCO4)CC3)=NC(N)(O)C2(O)C=C1OC. The topological polar surface area (TPSA) is 142 Å². The molecule has 0 aromatic carbocycles. The van der Waals surface area contributed by atoms with E-state index in [9.17, 15) is 15.0 Å². The fraction of sp³-hybridized carbons (Fsp3) is 0.632. The van der Waals surface area contributed by atoms with Crippen LogP contribution in [0, 0.1) is 0 Å². The molecule has 0 aromatic heterocycles. The van der Waals surface area contributed by atoms with Gasteiger partial charge in [0.25, 0.3) is 11.8 Å². The van der Waals surface area contributed by atoms with Crippen LogP contribution in [0.5, 0.6) is 0 Å². The van der Waals surface area contributed by atoms with Gasteiger partial charge in [-0.1, -0.05) is 0 Å². The molecule has 4 aliphatic rings. The third-order valence-corrected chi connectivity index (χ3v) is 5.81. The largest absolute Gasteiger partial charge is 0.493 e. The first-order chi connectivity index (χ1) is 14.3. The van der Waals surface area contributed by atoms with Crippen molar-refractivity contribution in [3.05, 3.63) is 23.7 Å². The summed E-state index contributed by atoms with van der Waals surface area (Å²) in [4.78, 5) is 24.7. The van der Waals surface area contributed by atoms with Crippen LogP contribution >= 0.6 is 0 Å². The molecule has 0 spiro atoms. The summed E-state index contributed by atoms with van der Waals surface area (Å²) in [5.74, 6) is -1.62. The van der Waals surface area contributed by atoms with Gasteiger partial charge in [-0.3, -0.25) is 10.5 Å². The van der Waals surface area contributed by atoms with E-state index in [2.05, 4.69) is 9.98 Å². The van der Waals surface area contributed by atoms with Crippen molar-refractivity contribution in [1.29, 1.82) is 0 Å². The highest BCUT2D eigenvalue weighted by Crippen LogP contribution is 2.35. The van der Waals surface area contributed by atoms with Gasteiger partial charge in [0.2, 0.25) is 5.96 Å². The quantitative estimate of drug-likeness (QED) is 0.469. The summed E-state index contributed by atoms with van der Waals surface area (Å²) in [5, 5.41) is 21.8. The second kappa shape index (κ2) is 7.65. The number of carbonyl (C=O) groups is 1. The highest BCUT2D eigenvalue weighted by molar-refractivity contribution is 6.13. The molecule has 3 heterocycles. The third-order valence-electron chi connectivity index (χ3n) is 5.81. The Bertz CT molecular complexity index is 836. The Morgan fingerprint density at radius 3 is 2.53 bits per heavy atom. The Kier molecular flexibility index (Phi) is 5.30. The number of hydrogen-bond donors (Lipinski definition) is 3. The molecule has 1 amide bonds. The van der Waals surface area contributed by atoms with Crippen LogP contribution in [0.25, 0.3) is 0 Å². The Balaban J connectivity index is 1.52. The number of methoxy groups -OCH3 is 2. The number of guanidine groups is 1. The molecule has 0 bridgehead atoms. The van der Waals surface area contributed by atoms with E-state index < -0.39 is 11.4 Å². The average Bonchev–Trinajstić information content (AvgIpc) is 3.28. The molecule has 30 heavy (non-hydrogen) atoms. The van der Waals surface area contributed by atoms with Crippen molar-refractivity contribution in [2.45, 2.75) is 30.4 Å². The van der Waals surface area contributed by atoms with Crippen molar-refractivity contribution in [3.8, 4) is 0 Å². The fourth-order valence-corrected chi connectivity index (χ4v) is 3.99. The maximum absolute atomic E-state index is 12.5. The average molecular weight is 421 g/mol. The first-order valence-electron chi connectivity index (χ1n) is 9.90. The highest BCUT2D eigenvalue weighted by atomic mass is 16.5. The van der Waals surface area contributed by atoms with Crippen LogP contribution in [-0.4, -0.2) is 102 Å². The van der Waals surface area contributed by atoms with Gasteiger partial charge in [-0.05, 0) is 12.8 Å². The van der Waals surface area contributed by atoms with E-state index in [-0.39, 0.29) is 29.4 Å². The molecule has 3 aliphatic heterocycles. The lowest BCUT2D eigenvalue weighted by molar-refractivity contribution is -0.142. The van der Waals surface area contributed by atoms with Gasteiger partial charge in [0.15, 0.2) is 17.1 Å². The van der Waals surface area contributed by atoms with Crippen molar-refractivity contribution >= 4 is 17.6 Å². The zero-order valence-electron chi connectivity index (χ0n) is 17.1. The molecule has 4 rings (SSSR count). The smallest absolute Gasteiger partial charge is 0.253 e. The van der Waals surface area contributed by atoms with E-state index in [0.717, 1.165) is 12.8 Å². The zero-order valence-corrected chi connectivity index (χ0v) is 17.1. The Morgan fingerprint density at radius 2 is 1.93 bits per heavy atom. The number of aliphatic imine (C=N–C) groups is 2. The first-order valence-corrected chi connectivity index (χ1v) is 9.90. The molecule has 164 valence electrons. The highest BCUT2D eigenvalue weighted by Gasteiger charge is 2.54. The van der Waals surface area contributed by atoms with Crippen molar-refractivity contribution in [2.75, 3.05) is 47.0 Å². The summed E-state index contributed by atoms with van der Waals surface area (Å²) >= 11 is 0. The van der Waals surface area contributed by atoms with Crippen LogP contribution < -0.4 is 5.73 Å². The second-order valence-electron chi connectivity index (χ2n) is 7.64. The standard InChI is InChI=1S/C19H27N5O6/c1-28-13-10-15-18(26,11-14(13)29-2)19(20,27)22-17(21-15)24-7-5-23(6-8-24)16(25)12-4-3-9-30-12/h10-12,26-27H,3-9,20H2,1-2H3. The van der Waals surface area contributed by atoms with E-state index in [1.54, 1.807) is 4.90 Å². The summed E-state index contributed by atoms with van der Waals surface area (Å²) in [6.07, 6.45) is 4.00. The number of fused-ring (bicyclic) bond motifs is 1. The lowest BCUT2D eigenvalue weighted by atomic mass is 9.85. The molecular weight excluding hydrogens is 394 g/mol. The van der Waals surface area contributed by atoms with Crippen LogP contribution in [0.15, 0.2) is 33.7 Å². The number of rotatable bonds is 3. The summed E-state index contributed by atoms with van der Waals surface area (Å²) < 4.78 is 16.0. The van der Waals surface area contributed by atoms with Crippen LogP contribution in [0.1, 0.15) is 12.8 Å².